The van der Waals surface area contributed by atoms with Gasteiger partial charge in [0.2, 0.25) is 0 Å². The van der Waals surface area contributed by atoms with Crippen molar-refractivity contribution in [3.63, 3.8) is 0 Å². The number of carbonyl (C=O) groups excluding carboxylic acids is 1. The molecule has 1 fully saturated rings. The Kier molecular flexibility index (Phi) is 6.04. The lowest BCUT2D eigenvalue weighted by Gasteiger charge is -2.30. The van der Waals surface area contributed by atoms with E-state index in [1.54, 1.807) is 37.6 Å². The molecule has 122 valence electrons. The highest BCUT2D eigenvalue weighted by Gasteiger charge is 2.18. The van der Waals surface area contributed by atoms with Gasteiger partial charge in [-0.05, 0) is 37.1 Å². The van der Waals surface area contributed by atoms with Crippen molar-refractivity contribution in [2.45, 2.75) is 38.1 Å². The quantitative estimate of drug-likeness (QED) is 0.669. The van der Waals surface area contributed by atoms with E-state index in [1.165, 1.54) is 19.3 Å². The Hall–Kier alpha value is -2.48. The predicted octanol–water partition coefficient (Wildman–Crippen LogP) is 3.31. The van der Waals surface area contributed by atoms with Gasteiger partial charge in [0.1, 0.15) is 17.4 Å². The van der Waals surface area contributed by atoms with Crippen LogP contribution in [0.2, 0.25) is 0 Å². The van der Waals surface area contributed by atoms with E-state index in [2.05, 4.69) is 5.32 Å². The maximum Gasteiger partial charge on any atom is 0.267 e. The Morgan fingerprint density at radius 2 is 1.96 bits per heavy atom. The Bertz CT molecular complexity index is 596. The van der Waals surface area contributed by atoms with Crippen LogP contribution >= 0.6 is 0 Å². The zero-order chi connectivity index (χ0) is 16.7. The Balaban J connectivity index is 2.02. The van der Waals surface area contributed by atoms with Crippen molar-refractivity contribution < 1.29 is 9.53 Å². The van der Waals surface area contributed by atoms with Crippen molar-refractivity contribution in [2.75, 3.05) is 19.5 Å². The molecule has 0 bridgehead atoms. The second-order valence-electron chi connectivity index (χ2n) is 5.79. The maximum absolute atomic E-state index is 12.3. The van der Waals surface area contributed by atoms with Crippen LogP contribution < -0.4 is 10.1 Å². The third kappa shape index (κ3) is 4.75. The van der Waals surface area contributed by atoms with E-state index >= 15 is 0 Å². The van der Waals surface area contributed by atoms with Crippen molar-refractivity contribution in [3.8, 4) is 11.8 Å². The number of hydrogen-bond acceptors (Lipinski definition) is 4. The zero-order valence-electron chi connectivity index (χ0n) is 13.7. The first kappa shape index (κ1) is 16.9. The molecule has 0 atom stereocenters. The number of nitrogens with zero attached hydrogens (tertiary/aromatic N) is 2. The molecule has 1 N–H and O–H groups in total. The summed E-state index contributed by atoms with van der Waals surface area (Å²) >= 11 is 0. The summed E-state index contributed by atoms with van der Waals surface area (Å²) in [5, 5.41) is 12.0. The van der Waals surface area contributed by atoms with Gasteiger partial charge < -0.3 is 15.0 Å². The van der Waals surface area contributed by atoms with E-state index in [0.29, 0.717) is 11.7 Å². The van der Waals surface area contributed by atoms with Crippen molar-refractivity contribution in [1.29, 1.82) is 5.26 Å². The molecule has 0 saturated heterocycles. The molecule has 1 aromatic carbocycles. The molecule has 23 heavy (non-hydrogen) atoms. The van der Waals surface area contributed by atoms with Crippen LogP contribution in [0.1, 0.15) is 32.1 Å². The van der Waals surface area contributed by atoms with Gasteiger partial charge in [-0.15, -0.1) is 0 Å². The summed E-state index contributed by atoms with van der Waals surface area (Å²) in [7, 11) is 3.53. The normalized spacial score (nSPS) is 15.6. The molecule has 0 spiro atoms. The van der Waals surface area contributed by atoms with Gasteiger partial charge in [0.15, 0.2) is 0 Å². The minimum absolute atomic E-state index is 0.119. The minimum atomic E-state index is -0.389. The highest BCUT2D eigenvalue weighted by atomic mass is 16.5. The summed E-state index contributed by atoms with van der Waals surface area (Å²) < 4.78 is 5.08. The van der Waals surface area contributed by atoms with Crippen LogP contribution in [0, 0.1) is 11.3 Å². The number of nitriles is 1. The van der Waals surface area contributed by atoms with Gasteiger partial charge in [-0.25, -0.2) is 0 Å². The van der Waals surface area contributed by atoms with Crippen molar-refractivity contribution in [1.82, 2.24) is 4.90 Å². The van der Waals surface area contributed by atoms with Gasteiger partial charge in [0.25, 0.3) is 5.91 Å². The van der Waals surface area contributed by atoms with Crippen molar-refractivity contribution >= 4 is 11.6 Å². The van der Waals surface area contributed by atoms with E-state index in [4.69, 9.17) is 4.74 Å². The third-order valence-corrected chi connectivity index (χ3v) is 4.20. The molecular formula is C18H23N3O2. The summed E-state index contributed by atoms with van der Waals surface area (Å²) in [5.41, 5.74) is 0.756. The number of anilines is 1. The highest BCUT2D eigenvalue weighted by Crippen LogP contribution is 2.22. The minimum Gasteiger partial charge on any atom is -0.497 e. The number of rotatable bonds is 5. The van der Waals surface area contributed by atoms with Gasteiger partial charge >= 0.3 is 0 Å². The molecule has 0 unspecified atom stereocenters. The Labute approximate surface area is 137 Å². The second kappa shape index (κ2) is 8.23. The standard InChI is InChI=1S/C18H23N3O2/c1-21(16-6-4-3-5-7-16)13-14(12-19)18(22)20-15-8-10-17(23-2)11-9-15/h8-11,13,16H,3-7H2,1-2H3,(H,20,22)/b14-13-. The topological polar surface area (TPSA) is 65.4 Å². The van der Waals surface area contributed by atoms with Crippen LogP contribution in [0.5, 0.6) is 5.75 Å². The number of nitrogens with one attached hydrogen (secondary N) is 1. The van der Waals surface area contributed by atoms with E-state index in [0.717, 1.165) is 18.6 Å². The molecule has 0 aromatic heterocycles. The monoisotopic (exact) mass is 313 g/mol. The lowest BCUT2D eigenvalue weighted by atomic mass is 9.94. The second-order valence-corrected chi connectivity index (χ2v) is 5.79. The summed E-state index contributed by atoms with van der Waals surface area (Å²) in [6.45, 7) is 0. The SMILES string of the molecule is COc1ccc(NC(=O)/C(C#N)=C\N(C)C2CCCCC2)cc1. The smallest absolute Gasteiger partial charge is 0.267 e. The predicted molar refractivity (Wildman–Crippen MR) is 90.0 cm³/mol. The van der Waals surface area contributed by atoms with Crippen LogP contribution in [-0.4, -0.2) is 31.0 Å². The van der Waals surface area contributed by atoms with E-state index in [1.807, 2.05) is 18.0 Å². The molecule has 5 heteroatoms. The van der Waals surface area contributed by atoms with Gasteiger partial charge in [-0.2, -0.15) is 5.26 Å². The third-order valence-electron chi connectivity index (χ3n) is 4.20. The molecule has 1 aliphatic rings. The Morgan fingerprint density at radius 3 is 2.52 bits per heavy atom. The maximum atomic E-state index is 12.3. The number of hydrogen-bond donors (Lipinski definition) is 1. The fourth-order valence-corrected chi connectivity index (χ4v) is 2.81. The first-order valence-electron chi connectivity index (χ1n) is 7.93. The van der Waals surface area contributed by atoms with Crippen LogP contribution in [0.25, 0.3) is 0 Å². The molecule has 1 aliphatic carbocycles. The summed E-state index contributed by atoms with van der Waals surface area (Å²) in [6.07, 6.45) is 7.59. The molecule has 1 aromatic rings. The van der Waals surface area contributed by atoms with Crippen LogP contribution in [0.3, 0.4) is 0 Å². The van der Waals surface area contributed by atoms with Crippen molar-refractivity contribution in [2.24, 2.45) is 0 Å². The summed E-state index contributed by atoms with van der Waals surface area (Å²) in [6, 6.07) is 9.43. The number of methoxy groups -OCH3 is 1. The van der Waals surface area contributed by atoms with Crippen molar-refractivity contribution in [3.05, 3.63) is 36.0 Å². The van der Waals surface area contributed by atoms with Crippen LogP contribution in [0.4, 0.5) is 5.69 Å². The van der Waals surface area contributed by atoms with Crippen LogP contribution in [-0.2, 0) is 4.79 Å². The number of ether oxygens (including phenoxy) is 1. The lowest BCUT2D eigenvalue weighted by molar-refractivity contribution is -0.112. The highest BCUT2D eigenvalue weighted by molar-refractivity contribution is 6.06. The van der Waals surface area contributed by atoms with E-state index in [-0.39, 0.29) is 11.5 Å². The van der Waals surface area contributed by atoms with Gasteiger partial charge in [0, 0.05) is 25.0 Å². The molecule has 1 saturated carbocycles. The fraction of sp³-hybridized carbons (Fsp3) is 0.444. The first-order valence-corrected chi connectivity index (χ1v) is 7.93. The molecule has 0 radical (unpaired) electrons. The molecular weight excluding hydrogens is 290 g/mol. The molecule has 2 rings (SSSR count). The summed E-state index contributed by atoms with van der Waals surface area (Å²) in [4.78, 5) is 14.3. The van der Waals surface area contributed by atoms with E-state index < -0.39 is 0 Å². The number of amides is 1. The fourth-order valence-electron chi connectivity index (χ4n) is 2.81. The molecule has 1 amide bonds. The Morgan fingerprint density at radius 1 is 1.30 bits per heavy atom. The molecule has 0 heterocycles. The number of benzene rings is 1. The molecule has 0 aliphatic heterocycles. The van der Waals surface area contributed by atoms with Gasteiger partial charge in [0.05, 0.1) is 7.11 Å². The van der Waals surface area contributed by atoms with Gasteiger partial charge in [-0.1, -0.05) is 19.3 Å². The van der Waals surface area contributed by atoms with Crippen LogP contribution in [0.15, 0.2) is 36.0 Å². The molecule has 5 nitrogen and oxygen atoms in total. The largest absolute Gasteiger partial charge is 0.497 e. The summed E-state index contributed by atoms with van der Waals surface area (Å²) in [5.74, 6) is 0.330. The number of carbonyl (C=O) groups is 1. The van der Waals surface area contributed by atoms with Gasteiger partial charge in [-0.3, -0.25) is 4.79 Å². The van der Waals surface area contributed by atoms with E-state index in [9.17, 15) is 10.1 Å². The average Bonchev–Trinajstić information content (AvgIpc) is 2.60. The average molecular weight is 313 g/mol. The zero-order valence-corrected chi connectivity index (χ0v) is 13.7. The lowest BCUT2D eigenvalue weighted by Crippen LogP contribution is -2.30. The first-order chi connectivity index (χ1) is 11.1.